The first kappa shape index (κ1) is 23.4. The Balaban J connectivity index is 0.00000155. The van der Waals surface area contributed by atoms with Crippen molar-refractivity contribution in [2.75, 3.05) is 19.0 Å². The first-order valence-corrected chi connectivity index (χ1v) is 10.1. The summed E-state index contributed by atoms with van der Waals surface area (Å²) in [6.45, 7) is 8.60. The zero-order chi connectivity index (χ0) is 22.3. The van der Waals surface area contributed by atoms with E-state index in [4.69, 9.17) is 15.2 Å². The molecule has 3 rings (SSSR count). The predicted octanol–water partition coefficient (Wildman–Crippen LogP) is 4.74. The molecule has 1 aliphatic rings. The highest BCUT2D eigenvalue weighted by Gasteiger charge is 2.22. The lowest BCUT2D eigenvalue weighted by molar-refractivity contribution is 0.187. The summed E-state index contributed by atoms with van der Waals surface area (Å²) < 4.78 is 30.6. The van der Waals surface area contributed by atoms with Crippen molar-refractivity contribution in [3.8, 4) is 22.6 Å². The van der Waals surface area contributed by atoms with Crippen LogP contribution in [0.25, 0.3) is 11.1 Å². The number of benzene rings is 1. The molecule has 0 radical (unpaired) electrons. The monoisotopic (exact) mass is 419 g/mol. The van der Waals surface area contributed by atoms with Crippen molar-refractivity contribution in [1.29, 1.82) is 0 Å². The molecule has 1 aliphatic heterocycles. The molecule has 164 valence electrons. The van der Waals surface area contributed by atoms with Crippen LogP contribution >= 0.6 is 0 Å². The number of hydrogen-bond donors (Lipinski definition) is 2. The summed E-state index contributed by atoms with van der Waals surface area (Å²) in [5, 5.41) is 2.51. The van der Waals surface area contributed by atoms with E-state index in [0.717, 1.165) is 17.5 Å². The van der Waals surface area contributed by atoms with Gasteiger partial charge in [-0.3, -0.25) is 5.32 Å². The Morgan fingerprint density at radius 2 is 2.03 bits per heavy atom. The molecule has 1 aromatic heterocycles. The molecule has 0 spiro atoms. The normalized spacial score (nSPS) is 13.4. The van der Waals surface area contributed by atoms with Gasteiger partial charge in [0.2, 0.25) is 0 Å². The fourth-order valence-electron chi connectivity index (χ4n) is 3.14. The lowest BCUT2D eigenvalue weighted by Gasteiger charge is -2.22. The van der Waals surface area contributed by atoms with Crippen LogP contribution in [0.3, 0.4) is 0 Å². The van der Waals surface area contributed by atoms with Crippen LogP contribution < -0.4 is 20.5 Å². The standard InChI is InChI=1S/C20H24FN3O4.C2H6/c1-11(4-12(2)22)9-27-18-7-17-15(5-16(18)21)14-6-19(24-20(25)26-3)23-8-13(14)10-28-17;1-2/h5-8,11-12H,4,9-10,22H2,1-3H3,(H,23,24,25);1-2H3. The quantitative estimate of drug-likeness (QED) is 0.702. The highest BCUT2D eigenvalue weighted by atomic mass is 19.1. The van der Waals surface area contributed by atoms with Crippen molar-refractivity contribution in [2.24, 2.45) is 11.7 Å². The Morgan fingerprint density at radius 3 is 2.70 bits per heavy atom. The minimum atomic E-state index is -0.629. The number of halogens is 1. The number of aromatic nitrogens is 1. The molecule has 8 heteroatoms. The molecule has 2 aromatic rings. The second-order valence-electron chi connectivity index (χ2n) is 7.04. The molecule has 2 atom stereocenters. The van der Waals surface area contributed by atoms with Gasteiger partial charge in [0.25, 0.3) is 0 Å². The zero-order valence-electron chi connectivity index (χ0n) is 18.1. The van der Waals surface area contributed by atoms with E-state index < -0.39 is 11.9 Å². The van der Waals surface area contributed by atoms with Crippen LogP contribution in [0.1, 0.15) is 39.7 Å². The number of nitrogens with one attached hydrogen (secondary N) is 1. The predicted molar refractivity (Wildman–Crippen MR) is 114 cm³/mol. The molecule has 0 bridgehead atoms. The van der Waals surface area contributed by atoms with E-state index in [2.05, 4.69) is 15.0 Å². The third-order valence-corrected chi connectivity index (χ3v) is 4.41. The van der Waals surface area contributed by atoms with Gasteiger partial charge in [-0.25, -0.2) is 14.2 Å². The van der Waals surface area contributed by atoms with Gasteiger partial charge in [0.05, 0.1) is 13.7 Å². The number of methoxy groups -OCH3 is 1. The van der Waals surface area contributed by atoms with Gasteiger partial charge in [-0.2, -0.15) is 0 Å². The molecule has 0 saturated carbocycles. The number of fused-ring (bicyclic) bond motifs is 3. The molecule has 0 aliphatic carbocycles. The van der Waals surface area contributed by atoms with Crippen LogP contribution in [-0.4, -0.2) is 30.8 Å². The maximum atomic E-state index is 14.6. The van der Waals surface area contributed by atoms with Crippen LogP contribution in [0.4, 0.5) is 15.0 Å². The number of carbonyl (C=O) groups is 1. The lowest BCUT2D eigenvalue weighted by atomic mass is 9.98. The highest BCUT2D eigenvalue weighted by molar-refractivity contribution is 5.85. The van der Waals surface area contributed by atoms with E-state index in [9.17, 15) is 9.18 Å². The minimum absolute atomic E-state index is 0.0632. The maximum absolute atomic E-state index is 14.6. The fourth-order valence-corrected chi connectivity index (χ4v) is 3.14. The van der Waals surface area contributed by atoms with Crippen molar-refractivity contribution < 1.29 is 23.4 Å². The van der Waals surface area contributed by atoms with Gasteiger partial charge < -0.3 is 19.9 Å². The lowest BCUT2D eigenvalue weighted by Crippen LogP contribution is -2.21. The average molecular weight is 419 g/mol. The van der Waals surface area contributed by atoms with Crippen molar-refractivity contribution in [2.45, 2.75) is 46.8 Å². The van der Waals surface area contributed by atoms with Gasteiger partial charge in [0, 0.05) is 29.4 Å². The first-order valence-electron chi connectivity index (χ1n) is 10.1. The van der Waals surface area contributed by atoms with E-state index in [-0.39, 0.29) is 17.7 Å². The maximum Gasteiger partial charge on any atom is 0.412 e. The van der Waals surface area contributed by atoms with Gasteiger partial charge >= 0.3 is 6.09 Å². The molecule has 0 fully saturated rings. The second kappa shape index (κ2) is 10.8. The summed E-state index contributed by atoms with van der Waals surface area (Å²) >= 11 is 0. The van der Waals surface area contributed by atoms with Crippen LogP contribution in [0.5, 0.6) is 11.5 Å². The number of pyridine rings is 1. The number of carbonyl (C=O) groups excluding carboxylic acids is 1. The number of ether oxygens (including phenoxy) is 3. The number of anilines is 1. The smallest absolute Gasteiger partial charge is 0.412 e. The van der Waals surface area contributed by atoms with E-state index in [1.165, 1.54) is 13.2 Å². The van der Waals surface area contributed by atoms with E-state index in [1.807, 2.05) is 27.7 Å². The molecule has 2 unspecified atom stereocenters. The van der Waals surface area contributed by atoms with E-state index >= 15 is 0 Å². The minimum Gasteiger partial charge on any atom is -0.490 e. The summed E-state index contributed by atoms with van der Waals surface area (Å²) in [6, 6.07) is 4.66. The first-order chi connectivity index (χ1) is 14.4. The Bertz CT molecular complexity index is 874. The van der Waals surface area contributed by atoms with Crippen LogP contribution in [0.15, 0.2) is 24.4 Å². The number of nitrogens with zero attached hydrogens (tertiary/aromatic N) is 1. The molecule has 1 amide bonds. The molecular formula is C22H30FN3O4. The molecule has 0 saturated heterocycles. The average Bonchev–Trinajstić information content (AvgIpc) is 2.73. The van der Waals surface area contributed by atoms with Gasteiger partial charge in [-0.05, 0) is 37.0 Å². The topological polar surface area (TPSA) is 95.7 Å². The van der Waals surface area contributed by atoms with Crippen molar-refractivity contribution in [1.82, 2.24) is 4.98 Å². The summed E-state index contributed by atoms with van der Waals surface area (Å²) in [5.41, 5.74) is 7.89. The van der Waals surface area contributed by atoms with Gasteiger partial charge in [0.15, 0.2) is 11.6 Å². The number of hydrogen-bond acceptors (Lipinski definition) is 6. The Labute approximate surface area is 176 Å². The third kappa shape index (κ3) is 5.82. The Hall–Kier alpha value is -2.87. The Kier molecular flexibility index (Phi) is 8.41. The molecule has 2 heterocycles. The second-order valence-corrected chi connectivity index (χ2v) is 7.04. The summed E-state index contributed by atoms with van der Waals surface area (Å²) in [4.78, 5) is 15.5. The fraction of sp³-hybridized carbons (Fsp3) is 0.455. The largest absolute Gasteiger partial charge is 0.490 e. The van der Waals surface area contributed by atoms with Crippen molar-refractivity contribution >= 4 is 11.9 Å². The van der Waals surface area contributed by atoms with Gasteiger partial charge in [-0.1, -0.05) is 20.8 Å². The molecule has 3 N–H and O–H groups in total. The van der Waals surface area contributed by atoms with E-state index in [0.29, 0.717) is 30.3 Å². The van der Waals surface area contributed by atoms with Crippen LogP contribution in [0, 0.1) is 11.7 Å². The van der Waals surface area contributed by atoms with Gasteiger partial charge in [-0.15, -0.1) is 0 Å². The molecule has 7 nitrogen and oxygen atoms in total. The third-order valence-electron chi connectivity index (χ3n) is 4.41. The summed E-state index contributed by atoms with van der Waals surface area (Å²) in [6.07, 6.45) is 1.75. The Morgan fingerprint density at radius 1 is 1.30 bits per heavy atom. The molecule has 30 heavy (non-hydrogen) atoms. The number of amides is 1. The summed E-state index contributed by atoms with van der Waals surface area (Å²) in [5.74, 6) is 0.682. The van der Waals surface area contributed by atoms with Crippen molar-refractivity contribution in [3.05, 3.63) is 35.8 Å². The van der Waals surface area contributed by atoms with Crippen molar-refractivity contribution in [3.63, 3.8) is 0 Å². The number of nitrogens with two attached hydrogens (primary N) is 1. The summed E-state index contributed by atoms with van der Waals surface area (Å²) in [7, 11) is 1.27. The SMILES string of the molecule is CC.COC(=O)Nc1cc2c(cn1)COc1cc(OCC(C)CC(C)N)c(F)cc1-2. The number of rotatable bonds is 6. The molecular weight excluding hydrogens is 389 g/mol. The zero-order valence-corrected chi connectivity index (χ0v) is 18.1. The van der Waals surface area contributed by atoms with Gasteiger partial charge in [0.1, 0.15) is 18.2 Å². The highest BCUT2D eigenvalue weighted by Crippen LogP contribution is 2.41. The van der Waals surface area contributed by atoms with Crippen LogP contribution in [-0.2, 0) is 11.3 Å². The van der Waals surface area contributed by atoms with E-state index in [1.54, 1.807) is 18.3 Å². The molecule has 1 aromatic carbocycles. The van der Waals surface area contributed by atoms with Crippen LogP contribution in [0.2, 0.25) is 0 Å².